The van der Waals surface area contributed by atoms with Gasteiger partial charge in [0, 0.05) is 16.5 Å². The van der Waals surface area contributed by atoms with Crippen molar-refractivity contribution in [3.63, 3.8) is 0 Å². The van der Waals surface area contributed by atoms with Crippen LogP contribution in [0.5, 0.6) is 5.88 Å². The Kier molecular flexibility index (Phi) is 5.68. The van der Waals surface area contributed by atoms with Crippen LogP contribution in [0.25, 0.3) is 22.0 Å². The van der Waals surface area contributed by atoms with Crippen LogP contribution < -0.4 is 4.74 Å². The van der Waals surface area contributed by atoms with E-state index in [1.54, 1.807) is 12.1 Å². The lowest BCUT2D eigenvalue weighted by molar-refractivity contribution is -0.136. The SMILES string of the molecule is Cc1cc2nc(OCc3ccccc3)ccc2c(-c2ccc(Cl)cc2)c1CC(=O)O. The van der Waals surface area contributed by atoms with E-state index in [0.717, 1.165) is 38.7 Å². The lowest BCUT2D eigenvalue weighted by atomic mass is 9.90. The zero-order chi connectivity index (χ0) is 21.1. The van der Waals surface area contributed by atoms with Gasteiger partial charge >= 0.3 is 5.97 Å². The fourth-order valence-corrected chi connectivity index (χ4v) is 3.69. The van der Waals surface area contributed by atoms with E-state index < -0.39 is 5.97 Å². The molecule has 1 aromatic heterocycles. The average Bonchev–Trinajstić information content (AvgIpc) is 2.74. The molecular weight excluding hydrogens is 398 g/mol. The van der Waals surface area contributed by atoms with Crippen molar-refractivity contribution in [1.82, 2.24) is 4.98 Å². The molecule has 0 atom stereocenters. The summed E-state index contributed by atoms with van der Waals surface area (Å²) in [5, 5.41) is 11.0. The first-order chi connectivity index (χ1) is 14.5. The summed E-state index contributed by atoms with van der Waals surface area (Å²) in [4.78, 5) is 16.2. The second-order valence-corrected chi connectivity index (χ2v) is 7.55. The molecule has 150 valence electrons. The van der Waals surface area contributed by atoms with Crippen molar-refractivity contribution in [2.75, 3.05) is 0 Å². The van der Waals surface area contributed by atoms with E-state index >= 15 is 0 Å². The van der Waals surface area contributed by atoms with Gasteiger partial charge in [-0.05, 0) is 59.0 Å². The minimum atomic E-state index is -0.872. The summed E-state index contributed by atoms with van der Waals surface area (Å²) in [5.74, 6) is -0.345. The minimum Gasteiger partial charge on any atom is -0.481 e. The first-order valence-electron chi connectivity index (χ1n) is 9.59. The molecule has 0 bridgehead atoms. The number of carboxylic acids is 1. The summed E-state index contributed by atoms with van der Waals surface area (Å²) in [7, 11) is 0. The van der Waals surface area contributed by atoms with E-state index in [2.05, 4.69) is 4.98 Å². The zero-order valence-corrected chi connectivity index (χ0v) is 17.2. The summed E-state index contributed by atoms with van der Waals surface area (Å²) in [5.41, 5.74) is 5.25. The Hall–Kier alpha value is -3.37. The fraction of sp³-hybridized carbons (Fsp3) is 0.120. The van der Waals surface area contributed by atoms with Gasteiger partial charge in [-0.1, -0.05) is 54.1 Å². The molecule has 0 aliphatic heterocycles. The molecule has 0 aliphatic carbocycles. The van der Waals surface area contributed by atoms with Gasteiger partial charge in [0.05, 0.1) is 11.9 Å². The van der Waals surface area contributed by atoms with Gasteiger partial charge in [0.1, 0.15) is 6.61 Å². The van der Waals surface area contributed by atoms with E-state index in [9.17, 15) is 9.90 Å². The van der Waals surface area contributed by atoms with Crippen LogP contribution in [0, 0.1) is 6.92 Å². The third-order valence-electron chi connectivity index (χ3n) is 4.99. The molecule has 0 aliphatic rings. The highest BCUT2D eigenvalue weighted by atomic mass is 35.5. The lowest BCUT2D eigenvalue weighted by Gasteiger charge is -2.16. The quantitative estimate of drug-likeness (QED) is 0.413. The van der Waals surface area contributed by atoms with Crippen molar-refractivity contribution < 1.29 is 14.6 Å². The number of hydrogen-bond acceptors (Lipinski definition) is 3. The highest BCUT2D eigenvalue weighted by Crippen LogP contribution is 2.35. The molecule has 5 heteroatoms. The predicted octanol–water partition coefficient (Wildman–Crippen LogP) is 6.07. The smallest absolute Gasteiger partial charge is 0.307 e. The van der Waals surface area contributed by atoms with Gasteiger partial charge in [0.25, 0.3) is 0 Å². The molecule has 4 nitrogen and oxygen atoms in total. The maximum Gasteiger partial charge on any atom is 0.307 e. The van der Waals surface area contributed by atoms with Crippen molar-refractivity contribution >= 4 is 28.5 Å². The molecule has 1 N–H and O–H groups in total. The van der Waals surface area contributed by atoms with Gasteiger partial charge in [0.2, 0.25) is 5.88 Å². The maximum absolute atomic E-state index is 11.5. The fourth-order valence-electron chi connectivity index (χ4n) is 3.57. The summed E-state index contributed by atoms with van der Waals surface area (Å²) in [6.07, 6.45) is -0.0635. The monoisotopic (exact) mass is 417 g/mol. The van der Waals surface area contributed by atoms with E-state index in [4.69, 9.17) is 16.3 Å². The number of carbonyl (C=O) groups is 1. The second-order valence-electron chi connectivity index (χ2n) is 7.11. The molecule has 0 radical (unpaired) electrons. The molecule has 3 aromatic carbocycles. The van der Waals surface area contributed by atoms with Crippen molar-refractivity contribution in [2.24, 2.45) is 0 Å². The number of fused-ring (bicyclic) bond motifs is 1. The Balaban J connectivity index is 1.79. The third-order valence-corrected chi connectivity index (χ3v) is 5.24. The van der Waals surface area contributed by atoms with Crippen LogP contribution in [-0.4, -0.2) is 16.1 Å². The van der Waals surface area contributed by atoms with Crippen LogP contribution in [0.15, 0.2) is 72.8 Å². The number of ether oxygens (including phenoxy) is 1. The molecule has 0 saturated heterocycles. The maximum atomic E-state index is 11.5. The summed E-state index contributed by atoms with van der Waals surface area (Å²) < 4.78 is 5.87. The Labute approximate surface area is 179 Å². The number of aryl methyl sites for hydroxylation is 1. The number of carboxylic acid groups (broad SMARTS) is 1. The van der Waals surface area contributed by atoms with Crippen LogP contribution in [0.4, 0.5) is 0 Å². The van der Waals surface area contributed by atoms with E-state index in [1.165, 1.54) is 0 Å². The third kappa shape index (κ3) is 4.29. The van der Waals surface area contributed by atoms with Crippen LogP contribution in [-0.2, 0) is 17.8 Å². The molecule has 0 spiro atoms. The summed E-state index contributed by atoms with van der Waals surface area (Å²) in [6, 6.07) is 23.0. The zero-order valence-electron chi connectivity index (χ0n) is 16.4. The molecule has 4 aromatic rings. The van der Waals surface area contributed by atoms with Crippen molar-refractivity contribution in [2.45, 2.75) is 20.0 Å². The van der Waals surface area contributed by atoms with Gasteiger partial charge in [-0.2, -0.15) is 0 Å². The molecule has 4 rings (SSSR count). The molecule has 0 amide bonds. The van der Waals surface area contributed by atoms with E-state index in [1.807, 2.05) is 67.6 Å². The van der Waals surface area contributed by atoms with Crippen LogP contribution >= 0.6 is 11.6 Å². The average molecular weight is 418 g/mol. The number of hydrogen-bond donors (Lipinski definition) is 1. The van der Waals surface area contributed by atoms with Crippen LogP contribution in [0.1, 0.15) is 16.7 Å². The van der Waals surface area contributed by atoms with Crippen molar-refractivity contribution in [1.29, 1.82) is 0 Å². The molecule has 1 heterocycles. The molecular formula is C25H20ClNO3. The number of halogens is 1. The largest absolute Gasteiger partial charge is 0.481 e. The van der Waals surface area contributed by atoms with Crippen LogP contribution in [0.3, 0.4) is 0 Å². The molecule has 0 unspecified atom stereocenters. The normalized spacial score (nSPS) is 10.9. The number of pyridine rings is 1. The van der Waals surface area contributed by atoms with Crippen molar-refractivity contribution in [3.8, 4) is 17.0 Å². The van der Waals surface area contributed by atoms with Crippen molar-refractivity contribution in [3.05, 3.63) is 94.5 Å². The summed E-state index contributed by atoms with van der Waals surface area (Å²) in [6.45, 7) is 2.34. The molecule has 30 heavy (non-hydrogen) atoms. The van der Waals surface area contributed by atoms with Gasteiger partial charge in [-0.3, -0.25) is 4.79 Å². The predicted molar refractivity (Wildman–Crippen MR) is 119 cm³/mol. The Morgan fingerprint density at radius 3 is 2.47 bits per heavy atom. The van der Waals surface area contributed by atoms with Gasteiger partial charge in [-0.25, -0.2) is 4.98 Å². The molecule has 0 saturated carbocycles. The first kappa shape index (κ1) is 19.9. The standard InChI is InChI=1S/C25H20ClNO3/c1-16-13-22-20(11-12-23(27-22)30-15-17-5-3-2-4-6-17)25(21(16)14-24(28)29)18-7-9-19(26)10-8-18/h2-13H,14-15H2,1H3,(H,28,29). The number of aromatic nitrogens is 1. The highest BCUT2D eigenvalue weighted by Gasteiger charge is 2.17. The van der Waals surface area contributed by atoms with Gasteiger partial charge in [-0.15, -0.1) is 0 Å². The number of benzene rings is 3. The number of rotatable bonds is 6. The first-order valence-corrected chi connectivity index (χ1v) is 9.97. The second kappa shape index (κ2) is 8.56. The van der Waals surface area contributed by atoms with E-state index in [0.29, 0.717) is 17.5 Å². The Bertz CT molecular complexity index is 1200. The van der Waals surface area contributed by atoms with Gasteiger partial charge < -0.3 is 9.84 Å². The molecule has 0 fully saturated rings. The van der Waals surface area contributed by atoms with Crippen LogP contribution in [0.2, 0.25) is 5.02 Å². The summed E-state index contributed by atoms with van der Waals surface area (Å²) >= 11 is 6.06. The van der Waals surface area contributed by atoms with Gasteiger partial charge in [0.15, 0.2) is 0 Å². The minimum absolute atomic E-state index is 0.0635. The number of nitrogens with zero attached hydrogens (tertiary/aromatic N) is 1. The highest BCUT2D eigenvalue weighted by molar-refractivity contribution is 6.30. The Morgan fingerprint density at radius 2 is 1.77 bits per heavy atom. The lowest BCUT2D eigenvalue weighted by Crippen LogP contribution is -2.05. The topological polar surface area (TPSA) is 59.4 Å². The van der Waals surface area contributed by atoms with E-state index in [-0.39, 0.29) is 6.42 Å². The number of aliphatic carboxylic acids is 1. The Morgan fingerprint density at radius 1 is 1.03 bits per heavy atom.